The second kappa shape index (κ2) is 7.14. The van der Waals surface area contributed by atoms with Gasteiger partial charge in [-0.2, -0.15) is 0 Å². The molecule has 0 spiro atoms. The SMILES string of the molecule is Cc1ccc2cc(Br)ccc2c1.Cc1ccc2nc(C)ccc2c1. The Morgan fingerprint density at radius 2 is 1.21 bits per heavy atom. The van der Waals surface area contributed by atoms with E-state index in [-0.39, 0.29) is 0 Å². The first kappa shape index (κ1) is 16.7. The van der Waals surface area contributed by atoms with Gasteiger partial charge in [0.1, 0.15) is 0 Å². The third-order valence-corrected chi connectivity index (χ3v) is 4.43. The van der Waals surface area contributed by atoms with Crippen LogP contribution in [0, 0.1) is 20.8 Å². The molecule has 1 aromatic heterocycles. The van der Waals surface area contributed by atoms with Crippen LogP contribution in [0.3, 0.4) is 0 Å². The fourth-order valence-corrected chi connectivity index (χ4v) is 3.06. The minimum absolute atomic E-state index is 1.08. The van der Waals surface area contributed by atoms with Gasteiger partial charge >= 0.3 is 0 Å². The molecule has 0 aliphatic carbocycles. The van der Waals surface area contributed by atoms with Crippen LogP contribution in [-0.2, 0) is 0 Å². The molecule has 4 rings (SSSR count). The smallest absolute Gasteiger partial charge is 0.0705 e. The molecule has 0 radical (unpaired) electrons. The standard InChI is InChI=1S/C11H9Br.C11H11N/c1-8-2-3-10-7-11(12)5-4-9(10)6-8;1-8-3-6-11-10(7-8)5-4-9(2)12-11/h2-7H,1H3;3-7H,1-2H3. The van der Waals surface area contributed by atoms with Crippen LogP contribution in [0.5, 0.6) is 0 Å². The van der Waals surface area contributed by atoms with E-state index in [9.17, 15) is 0 Å². The van der Waals surface area contributed by atoms with Crippen molar-refractivity contribution in [2.45, 2.75) is 20.8 Å². The zero-order chi connectivity index (χ0) is 17.1. The van der Waals surface area contributed by atoms with Crippen molar-refractivity contribution in [2.24, 2.45) is 0 Å². The maximum absolute atomic E-state index is 4.42. The molecule has 0 atom stereocenters. The van der Waals surface area contributed by atoms with E-state index in [1.54, 1.807) is 0 Å². The van der Waals surface area contributed by atoms with Gasteiger partial charge in [-0.25, -0.2) is 0 Å². The van der Waals surface area contributed by atoms with Crippen molar-refractivity contribution in [1.82, 2.24) is 4.98 Å². The summed E-state index contributed by atoms with van der Waals surface area (Å²) in [6, 6.07) is 23.3. The normalized spacial score (nSPS) is 10.5. The summed E-state index contributed by atoms with van der Waals surface area (Å²) < 4.78 is 1.14. The van der Waals surface area contributed by atoms with Gasteiger partial charge in [0, 0.05) is 15.6 Å². The lowest BCUT2D eigenvalue weighted by atomic mass is 10.1. The van der Waals surface area contributed by atoms with Crippen molar-refractivity contribution in [1.29, 1.82) is 0 Å². The first-order valence-corrected chi connectivity index (χ1v) is 8.80. The van der Waals surface area contributed by atoms with E-state index >= 15 is 0 Å². The number of benzene rings is 3. The highest BCUT2D eigenvalue weighted by Crippen LogP contribution is 2.20. The average molecular weight is 378 g/mol. The predicted molar refractivity (Wildman–Crippen MR) is 108 cm³/mol. The number of fused-ring (bicyclic) bond motifs is 2. The molecule has 3 aromatic carbocycles. The van der Waals surface area contributed by atoms with Crippen LogP contribution in [0.2, 0.25) is 0 Å². The van der Waals surface area contributed by atoms with Crippen LogP contribution >= 0.6 is 15.9 Å². The van der Waals surface area contributed by atoms with E-state index in [0.29, 0.717) is 0 Å². The molecule has 0 N–H and O–H groups in total. The van der Waals surface area contributed by atoms with E-state index < -0.39 is 0 Å². The van der Waals surface area contributed by atoms with Gasteiger partial charge in [-0.15, -0.1) is 0 Å². The molecule has 1 heterocycles. The van der Waals surface area contributed by atoms with Gasteiger partial charge in [0.05, 0.1) is 5.52 Å². The third-order valence-electron chi connectivity index (χ3n) is 3.94. The van der Waals surface area contributed by atoms with Crippen LogP contribution < -0.4 is 0 Å². The number of nitrogens with zero attached hydrogens (tertiary/aromatic N) is 1. The summed E-state index contributed by atoms with van der Waals surface area (Å²) in [4.78, 5) is 4.42. The second-order valence-electron chi connectivity index (χ2n) is 6.14. The van der Waals surface area contributed by atoms with E-state index in [1.165, 1.54) is 27.3 Å². The number of rotatable bonds is 0. The molecule has 24 heavy (non-hydrogen) atoms. The van der Waals surface area contributed by atoms with E-state index in [4.69, 9.17) is 0 Å². The second-order valence-corrected chi connectivity index (χ2v) is 7.06. The quantitative estimate of drug-likeness (QED) is 0.329. The predicted octanol–water partition coefficient (Wildman–Crippen LogP) is 6.76. The van der Waals surface area contributed by atoms with Crippen LogP contribution in [0.1, 0.15) is 16.8 Å². The van der Waals surface area contributed by atoms with Crippen molar-refractivity contribution >= 4 is 37.6 Å². The zero-order valence-electron chi connectivity index (χ0n) is 14.2. The Hall–Kier alpha value is -2.19. The Balaban J connectivity index is 0.000000141. The number of hydrogen-bond donors (Lipinski definition) is 0. The fourth-order valence-electron chi connectivity index (χ4n) is 2.68. The summed E-state index contributed by atoms with van der Waals surface area (Å²) >= 11 is 3.45. The van der Waals surface area contributed by atoms with Crippen LogP contribution in [0.15, 0.2) is 71.2 Å². The summed E-state index contributed by atoms with van der Waals surface area (Å²) in [5, 5.41) is 3.81. The molecule has 0 saturated carbocycles. The summed E-state index contributed by atoms with van der Waals surface area (Å²) in [5.41, 5.74) is 4.75. The first-order chi connectivity index (χ1) is 11.5. The molecule has 0 bridgehead atoms. The highest BCUT2D eigenvalue weighted by molar-refractivity contribution is 9.10. The fraction of sp³-hybridized carbons (Fsp3) is 0.136. The lowest BCUT2D eigenvalue weighted by Crippen LogP contribution is -1.82. The molecular formula is C22H20BrN. The molecule has 1 nitrogen and oxygen atoms in total. The maximum atomic E-state index is 4.42. The van der Waals surface area contributed by atoms with E-state index in [2.05, 4.69) is 95.4 Å². The van der Waals surface area contributed by atoms with Crippen LogP contribution in [0.25, 0.3) is 21.7 Å². The topological polar surface area (TPSA) is 12.9 Å². The van der Waals surface area contributed by atoms with Crippen molar-refractivity contribution in [2.75, 3.05) is 0 Å². The first-order valence-electron chi connectivity index (χ1n) is 8.01. The Kier molecular flexibility index (Phi) is 4.96. The summed E-state index contributed by atoms with van der Waals surface area (Å²) in [6.45, 7) is 6.22. The van der Waals surface area contributed by atoms with Crippen molar-refractivity contribution in [3.05, 3.63) is 88.0 Å². The molecule has 0 unspecified atom stereocenters. The molecule has 4 aromatic rings. The number of aromatic nitrogens is 1. The Morgan fingerprint density at radius 1 is 0.625 bits per heavy atom. The molecule has 0 saturated heterocycles. The Labute approximate surface area is 151 Å². The van der Waals surface area contributed by atoms with Crippen molar-refractivity contribution in [3.63, 3.8) is 0 Å². The summed E-state index contributed by atoms with van der Waals surface area (Å²) in [7, 11) is 0. The molecule has 0 fully saturated rings. The largest absolute Gasteiger partial charge is 0.253 e. The van der Waals surface area contributed by atoms with Gasteiger partial charge in [-0.3, -0.25) is 4.98 Å². The van der Waals surface area contributed by atoms with E-state index in [1.807, 2.05) is 13.0 Å². The van der Waals surface area contributed by atoms with Gasteiger partial charge < -0.3 is 0 Å². The summed E-state index contributed by atoms with van der Waals surface area (Å²) in [6.07, 6.45) is 0. The lowest BCUT2D eigenvalue weighted by molar-refractivity contribution is 1.25. The molecule has 0 amide bonds. The van der Waals surface area contributed by atoms with Crippen molar-refractivity contribution in [3.8, 4) is 0 Å². The van der Waals surface area contributed by atoms with Crippen molar-refractivity contribution < 1.29 is 0 Å². The number of hydrogen-bond acceptors (Lipinski definition) is 1. The Morgan fingerprint density at radius 3 is 2.00 bits per heavy atom. The highest BCUT2D eigenvalue weighted by Gasteiger charge is 1.94. The van der Waals surface area contributed by atoms with Crippen LogP contribution in [-0.4, -0.2) is 4.98 Å². The maximum Gasteiger partial charge on any atom is 0.0705 e. The number of halogens is 1. The minimum Gasteiger partial charge on any atom is -0.253 e. The monoisotopic (exact) mass is 377 g/mol. The molecule has 120 valence electrons. The minimum atomic E-state index is 1.08. The molecule has 0 aliphatic heterocycles. The van der Waals surface area contributed by atoms with Gasteiger partial charge in [0.2, 0.25) is 0 Å². The van der Waals surface area contributed by atoms with Gasteiger partial charge in [0.25, 0.3) is 0 Å². The zero-order valence-corrected chi connectivity index (χ0v) is 15.8. The van der Waals surface area contributed by atoms with Gasteiger partial charge in [-0.1, -0.05) is 63.5 Å². The average Bonchev–Trinajstić information content (AvgIpc) is 2.56. The summed E-state index contributed by atoms with van der Waals surface area (Å²) in [5.74, 6) is 0. The van der Waals surface area contributed by atoms with E-state index in [0.717, 1.165) is 15.7 Å². The number of aryl methyl sites for hydroxylation is 3. The number of pyridine rings is 1. The highest BCUT2D eigenvalue weighted by atomic mass is 79.9. The van der Waals surface area contributed by atoms with Gasteiger partial charge in [0.15, 0.2) is 0 Å². The van der Waals surface area contributed by atoms with Gasteiger partial charge in [-0.05, 0) is 61.9 Å². The molecule has 2 heteroatoms. The Bertz CT molecular complexity index is 839. The molecular weight excluding hydrogens is 358 g/mol. The third kappa shape index (κ3) is 4.01. The molecule has 0 aliphatic rings. The lowest BCUT2D eigenvalue weighted by Gasteiger charge is -1.99. The van der Waals surface area contributed by atoms with Crippen LogP contribution in [0.4, 0.5) is 0 Å².